The number of fused-ring (bicyclic) bond motifs is 1. The molecule has 0 aromatic heterocycles. The minimum absolute atomic E-state index is 0.234. The molecule has 0 spiro atoms. The number of ketones is 1. The molecule has 0 saturated heterocycles. The van der Waals surface area contributed by atoms with Crippen LogP contribution in [0.2, 0.25) is 0 Å². The van der Waals surface area contributed by atoms with Gasteiger partial charge < -0.3 is 24.2 Å². The minimum Gasteiger partial charge on any atom is -0.493 e. The van der Waals surface area contributed by atoms with Gasteiger partial charge in [-0.05, 0) is 36.4 Å². The van der Waals surface area contributed by atoms with Crippen molar-refractivity contribution in [2.24, 2.45) is 0 Å². The van der Waals surface area contributed by atoms with Crippen LogP contribution < -0.4 is 19.1 Å². The van der Waals surface area contributed by atoms with E-state index in [0.29, 0.717) is 34.1 Å². The van der Waals surface area contributed by atoms with Gasteiger partial charge in [0.1, 0.15) is 12.4 Å². The summed E-state index contributed by atoms with van der Waals surface area (Å²) in [5.74, 6) is 0.641. The maximum atomic E-state index is 13.3. The molecule has 33 heavy (non-hydrogen) atoms. The Morgan fingerprint density at radius 3 is 2.36 bits per heavy atom. The van der Waals surface area contributed by atoms with Gasteiger partial charge in [-0.3, -0.25) is 9.59 Å². The maximum absolute atomic E-state index is 13.3. The van der Waals surface area contributed by atoms with Gasteiger partial charge in [-0.15, -0.1) is 0 Å². The molecule has 0 fully saturated rings. The van der Waals surface area contributed by atoms with Gasteiger partial charge in [0.25, 0.3) is 5.91 Å². The van der Waals surface area contributed by atoms with Gasteiger partial charge in [0, 0.05) is 11.1 Å². The quantitative estimate of drug-likeness (QED) is 0.505. The van der Waals surface area contributed by atoms with Gasteiger partial charge in [0.15, 0.2) is 22.9 Å². The summed E-state index contributed by atoms with van der Waals surface area (Å²) in [6.07, 6.45) is -0.394. The summed E-state index contributed by atoms with van der Waals surface area (Å²) < 4.78 is 16.2. The highest BCUT2D eigenvalue weighted by molar-refractivity contribution is 6.10. The van der Waals surface area contributed by atoms with Crippen LogP contribution in [0, 0.1) is 0 Å². The van der Waals surface area contributed by atoms with E-state index in [1.807, 2.05) is 30.3 Å². The molecule has 7 heteroatoms. The molecule has 0 aliphatic carbocycles. The molecular formula is C26H25NO6. The maximum Gasteiger partial charge on any atom is 0.264 e. The molecular weight excluding hydrogens is 422 g/mol. The van der Waals surface area contributed by atoms with E-state index >= 15 is 0 Å². The molecule has 7 nitrogen and oxygen atoms in total. The van der Waals surface area contributed by atoms with Crippen molar-refractivity contribution < 1.29 is 28.9 Å². The van der Waals surface area contributed by atoms with E-state index < -0.39 is 17.9 Å². The summed E-state index contributed by atoms with van der Waals surface area (Å²) >= 11 is 0. The largest absolute Gasteiger partial charge is 0.493 e. The predicted octanol–water partition coefficient (Wildman–Crippen LogP) is 3.59. The zero-order valence-electron chi connectivity index (χ0n) is 18.5. The first-order valence-electron chi connectivity index (χ1n) is 10.5. The van der Waals surface area contributed by atoms with E-state index in [9.17, 15) is 14.7 Å². The second-order valence-electron chi connectivity index (χ2n) is 7.67. The molecule has 170 valence electrons. The number of Topliss-reactive ketones (excluding diaryl/α,β-unsaturated/α-hetero) is 1. The molecule has 0 saturated carbocycles. The first-order valence-corrected chi connectivity index (χ1v) is 10.5. The van der Waals surface area contributed by atoms with E-state index in [1.165, 1.54) is 19.1 Å². The molecule has 1 aliphatic heterocycles. The lowest BCUT2D eigenvalue weighted by atomic mass is 9.88. The van der Waals surface area contributed by atoms with Crippen molar-refractivity contribution >= 4 is 17.4 Å². The van der Waals surface area contributed by atoms with Crippen molar-refractivity contribution in [1.29, 1.82) is 0 Å². The van der Waals surface area contributed by atoms with Gasteiger partial charge in [-0.1, -0.05) is 36.4 Å². The lowest BCUT2D eigenvalue weighted by Gasteiger charge is -2.23. The fourth-order valence-corrected chi connectivity index (χ4v) is 4.02. The summed E-state index contributed by atoms with van der Waals surface area (Å²) in [6.45, 7) is 0.474. The van der Waals surface area contributed by atoms with Gasteiger partial charge in [0.2, 0.25) is 0 Å². The summed E-state index contributed by atoms with van der Waals surface area (Å²) in [4.78, 5) is 27.9. The fourth-order valence-electron chi connectivity index (χ4n) is 4.02. The highest BCUT2D eigenvalue weighted by atomic mass is 16.5. The van der Waals surface area contributed by atoms with E-state index in [0.717, 1.165) is 0 Å². The number of benzene rings is 3. The summed E-state index contributed by atoms with van der Waals surface area (Å²) in [5, 5.41) is 11.4. The van der Waals surface area contributed by atoms with Crippen LogP contribution in [0.1, 0.15) is 22.3 Å². The standard InChI is InChI=1S/C26H25NO6/c1-31-23-13-12-18(16-24(23)32-2)22(28)17-26(30)20-10-6-7-11-21(20)27(25(26)29)14-15-33-19-8-4-3-5-9-19/h3-13,16,30H,14-15,17H2,1-2H3. The van der Waals surface area contributed by atoms with Crippen LogP contribution in [0.3, 0.4) is 0 Å². The van der Waals surface area contributed by atoms with Crippen LogP contribution in [0.25, 0.3) is 0 Å². The van der Waals surface area contributed by atoms with Crippen LogP contribution in [0.15, 0.2) is 72.8 Å². The Morgan fingerprint density at radius 2 is 1.64 bits per heavy atom. The van der Waals surface area contributed by atoms with Crippen molar-refractivity contribution in [3.8, 4) is 17.2 Å². The Bertz CT molecular complexity index is 1160. The second-order valence-corrected chi connectivity index (χ2v) is 7.67. The number of rotatable bonds is 9. The van der Waals surface area contributed by atoms with Crippen LogP contribution >= 0.6 is 0 Å². The average molecular weight is 447 g/mol. The number of aliphatic hydroxyl groups is 1. The molecule has 1 heterocycles. The minimum atomic E-state index is -1.96. The summed E-state index contributed by atoms with van der Waals surface area (Å²) in [7, 11) is 2.98. The normalized spacial score (nSPS) is 16.9. The van der Waals surface area contributed by atoms with Gasteiger partial charge in [0.05, 0.1) is 32.9 Å². The van der Waals surface area contributed by atoms with Crippen LogP contribution in [0.4, 0.5) is 5.69 Å². The monoisotopic (exact) mass is 447 g/mol. The Labute approximate surface area is 192 Å². The molecule has 0 bridgehead atoms. The smallest absolute Gasteiger partial charge is 0.264 e. The molecule has 3 aromatic carbocycles. The molecule has 1 aliphatic rings. The van der Waals surface area contributed by atoms with Crippen molar-refractivity contribution in [2.45, 2.75) is 12.0 Å². The van der Waals surface area contributed by atoms with Crippen molar-refractivity contribution in [1.82, 2.24) is 0 Å². The number of amides is 1. The molecule has 1 unspecified atom stereocenters. The SMILES string of the molecule is COc1ccc(C(=O)CC2(O)C(=O)N(CCOc3ccccc3)c3ccccc32)cc1OC. The zero-order valence-corrected chi connectivity index (χ0v) is 18.5. The lowest BCUT2D eigenvalue weighted by Crippen LogP contribution is -2.43. The van der Waals surface area contributed by atoms with Crippen LogP contribution in [-0.2, 0) is 10.4 Å². The third-order valence-electron chi connectivity index (χ3n) is 5.69. The zero-order chi connectivity index (χ0) is 23.4. The Balaban J connectivity index is 1.55. The average Bonchev–Trinajstić information content (AvgIpc) is 3.06. The molecule has 1 N–H and O–H groups in total. The number of methoxy groups -OCH3 is 2. The number of ether oxygens (including phenoxy) is 3. The number of hydrogen-bond acceptors (Lipinski definition) is 6. The van der Waals surface area contributed by atoms with E-state index in [-0.39, 0.29) is 18.9 Å². The molecule has 3 aromatic rings. The predicted molar refractivity (Wildman–Crippen MR) is 123 cm³/mol. The van der Waals surface area contributed by atoms with Crippen molar-refractivity contribution in [3.63, 3.8) is 0 Å². The lowest BCUT2D eigenvalue weighted by molar-refractivity contribution is -0.135. The third kappa shape index (κ3) is 4.27. The topological polar surface area (TPSA) is 85.3 Å². The Morgan fingerprint density at radius 1 is 0.939 bits per heavy atom. The number of hydrogen-bond donors (Lipinski definition) is 1. The number of para-hydroxylation sites is 2. The highest BCUT2D eigenvalue weighted by Gasteiger charge is 2.50. The van der Waals surface area contributed by atoms with Gasteiger partial charge in [-0.25, -0.2) is 0 Å². The Kier molecular flexibility index (Phi) is 6.33. The number of carbonyl (C=O) groups excluding carboxylic acids is 2. The van der Waals surface area contributed by atoms with Crippen molar-refractivity contribution in [2.75, 3.05) is 32.3 Å². The second kappa shape index (κ2) is 9.34. The first kappa shape index (κ1) is 22.4. The molecule has 0 radical (unpaired) electrons. The Hall–Kier alpha value is -3.84. The van der Waals surface area contributed by atoms with Crippen molar-refractivity contribution in [3.05, 3.63) is 83.9 Å². The fraction of sp³-hybridized carbons (Fsp3) is 0.231. The molecule has 1 atom stereocenters. The number of anilines is 1. The third-order valence-corrected chi connectivity index (χ3v) is 5.69. The van der Waals surface area contributed by atoms with Gasteiger partial charge in [-0.2, -0.15) is 0 Å². The van der Waals surface area contributed by atoms with E-state index in [4.69, 9.17) is 14.2 Å². The summed E-state index contributed by atoms with van der Waals surface area (Å²) in [6, 6.07) is 21.0. The molecule has 1 amide bonds. The van der Waals surface area contributed by atoms with Gasteiger partial charge >= 0.3 is 0 Å². The van der Waals surface area contributed by atoms with Crippen LogP contribution in [-0.4, -0.2) is 44.2 Å². The highest BCUT2D eigenvalue weighted by Crippen LogP contribution is 2.43. The number of nitrogens with zero attached hydrogens (tertiary/aromatic N) is 1. The van der Waals surface area contributed by atoms with Crippen LogP contribution in [0.5, 0.6) is 17.2 Å². The van der Waals surface area contributed by atoms with E-state index in [1.54, 1.807) is 42.5 Å². The summed E-state index contributed by atoms with van der Waals surface area (Å²) in [5.41, 5.74) is -0.671. The van der Waals surface area contributed by atoms with E-state index in [2.05, 4.69) is 0 Å². The number of carbonyl (C=O) groups is 2. The first-order chi connectivity index (χ1) is 16.0. The molecule has 4 rings (SSSR count).